The number of hydrogen-bond donors (Lipinski definition) is 0. The number of aromatic nitrogens is 2. The zero-order chi connectivity index (χ0) is 30.6. The predicted molar refractivity (Wildman–Crippen MR) is 153 cm³/mol. The Labute approximate surface area is 247 Å². The first-order valence-electron chi connectivity index (χ1n) is 14.0. The van der Waals surface area contributed by atoms with Gasteiger partial charge in [0.25, 0.3) is 0 Å². The van der Waals surface area contributed by atoms with Crippen LogP contribution >= 0.6 is 0 Å². The average Bonchev–Trinajstić information content (AvgIpc) is 3.38. The Morgan fingerprint density at radius 2 is 1.63 bits per heavy atom. The number of oxazole rings is 1. The van der Waals surface area contributed by atoms with Gasteiger partial charge >= 0.3 is 12.3 Å². The summed E-state index contributed by atoms with van der Waals surface area (Å²) in [5, 5.41) is 0. The van der Waals surface area contributed by atoms with Crippen molar-refractivity contribution in [2.75, 3.05) is 39.3 Å². The van der Waals surface area contributed by atoms with Crippen LogP contribution in [-0.2, 0) is 10.9 Å². The molecule has 0 aliphatic carbocycles. The van der Waals surface area contributed by atoms with Crippen molar-refractivity contribution in [1.29, 1.82) is 0 Å². The molecule has 0 spiro atoms. The summed E-state index contributed by atoms with van der Waals surface area (Å²) in [7, 11) is 0. The number of carbonyl (C=O) groups excluding carboxylic acids is 1. The van der Waals surface area contributed by atoms with Crippen molar-refractivity contribution in [1.82, 2.24) is 19.8 Å². The Morgan fingerprint density at radius 3 is 2.28 bits per heavy atom. The molecule has 1 amide bonds. The third kappa shape index (κ3) is 8.16. The molecule has 1 fully saturated rings. The number of hydrogen-bond acceptors (Lipinski definition) is 8. The number of ether oxygens (including phenoxy) is 3. The van der Waals surface area contributed by atoms with Crippen molar-refractivity contribution in [2.24, 2.45) is 0 Å². The third-order valence-corrected chi connectivity index (χ3v) is 6.64. The topological polar surface area (TPSA) is 90.2 Å². The van der Waals surface area contributed by atoms with Gasteiger partial charge in [0.05, 0.1) is 12.8 Å². The van der Waals surface area contributed by atoms with E-state index in [1.165, 1.54) is 6.07 Å². The Balaban J connectivity index is 1.08. The van der Waals surface area contributed by atoms with Crippen molar-refractivity contribution in [3.05, 3.63) is 66.5 Å². The largest absolute Gasteiger partial charge is 0.494 e. The number of rotatable bonds is 8. The summed E-state index contributed by atoms with van der Waals surface area (Å²) in [4.78, 5) is 24.2. The van der Waals surface area contributed by atoms with E-state index in [4.69, 9.17) is 18.6 Å². The molecule has 9 nitrogen and oxygen atoms in total. The molecular weight excluding hydrogens is 565 g/mol. The molecule has 1 saturated heterocycles. The lowest BCUT2D eigenvalue weighted by atomic mass is 10.2. The summed E-state index contributed by atoms with van der Waals surface area (Å²) in [5.74, 6) is 1.70. The molecule has 1 aliphatic heterocycles. The summed E-state index contributed by atoms with van der Waals surface area (Å²) < 4.78 is 61.1. The predicted octanol–water partition coefficient (Wildman–Crippen LogP) is 7.02. The van der Waals surface area contributed by atoms with E-state index in [0.29, 0.717) is 42.4 Å². The zero-order valence-corrected chi connectivity index (χ0v) is 24.2. The second-order valence-corrected chi connectivity index (χ2v) is 11.2. The maximum atomic E-state index is 12.7. The minimum Gasteiger partial charge on any atom is -0.494 e. The van der Waals surface area contributed by atoms with E-state index in [9.17, 15) is 18.0 Å². The zero-order valence-electron chi connectivity index (χ0n) is 24.2. The molecule has 0 radical (unpaired) electrons. The van der Waals surface area contributed by atoms with Gasteiger partial charge in [-0.25, -0.2) is 14.8 Å². The molecule has 2 aromatic carbocycles. The van der Waals surface area contributed by atoms with Crippen LogP contribution in [-0.4, -0.2) is 70.8 Å². The van der Waals surface area contributed by atoms with E-state index >= 15 is 0 Å². The van der Waals surface area contributed by atoms with Crippen molar-refractivity contribution < 1.29 is 36.6 Å². The van der Waals surface area contributed by atoms with Gasteiger partial charge in [0.2, 0.25) is 5.89 Å². The summed E-state index contributed by atoms with van der Waals surface area (Å²) in [5.41, 5.74) is 0.368. The van der Waals surface area contributed by atoms with E-state index < -0.39 is 17.5 Å². The molecule has 43 heavy (non-hydrogen) atoms. The van der Waals surface area contributed by atoms with Gasteiger partial charge in [-0.2, -0.15) is 13.2 Å². The minimum absolute atomic E-state index is 0.170. The molecule has 2 aromatic heterocycles. The highest BCUT2D eigenvalue weighted by atomic mass is 19.4. The van der Waals surface area contributed by atoms with Gasteiger partial charge in [0.15, 0.2) is 5.58 Å². The van der Waals surface area contributed by atoms with Crippen LogP contribution in [0.3, 0.4) is 0 Å². The number of carbonyl (C=O) groups is 1. The van der Waals surface area contributed by atoms with Gasteiger partial charge in [-0.1, -0.05) is 0 Å². The van der Waals surface area contributed by atoms with Crippen LogP contribution < -0.4 is 9.47 Å². The van der Waals surface area contributed by atoms with Crippen LogP contribution in [0.2, 0.25) is 0 Å². The van der Waals surface area contributed by atoms with E-state index in [1.54, 1.807) is 23.1 Å². The second kappa shape index (κ2) is 12.5. The summed E-state index contributed by atoms with van der Waals surface area (Å²) >= 11 is 0. The smallest absolute Gasteiger partial charge is 0.433 e. The van der Waals surface area contributed by atoms with Crippen LogP contribution in [0, 0.1) is 0 Å². The number of fused-ring (bicyclic) bond motifs is 1. The third-order valence-electron chi connectivity index (χ3n) is 6.64. The van der Waals surface area contributed by atoms with Gasteiger partial charge in [-0.05, 0) is 75.7 Å². The minimum atomic E-state index is -4.51. The normalized spacial score (nSPS) is 14.6. The average molecular weight is 599 g/mol. The lowest BCUT2D eigenvalue weighted by Gasteiger charge is -2.35. The molecule has 228 valence electrons. The van der Waals surface area contributed by atoms with Gasteiger partial charge in [0, 0.05) is 44.4 Å². The van der Waals surface area contributed by atoms with Crippen LogP contribution in [0.4, 0.5) is 18.0 Å². The molecule has 0 bridgehead atoms. The number of benzene rings is 2. The Bertz CT molecular complexity index is 1520. The molecule has 1 aliphatic rings. The Hall–Kier alpha value is -4.32. The molecular formula is C31H33F3N4O5. The molecule has 3 heterocycles. The number of pyridine rings is 1. The maximum Gasteiger partial charge on any atom is 0.433 e. The van der Waals surface area contributed by atoms with Gasteiger partial charge in [-0.3, -0.25) is 4.90 Å². The van der Waals surface area contributed by atoms with Gasteiger partial charge in [0.1, 0.15) is 34.1 Å². The van der Waals surface area contributed by atoms with Gasteiger partial charge in [-0.15, -0.1) is 0 Å². The monoisotopic (exact) mass is 598 g/mol. The van der Waals surface area contributed by atoms with Crippen molar-refractivity contribution in [3.8, 4) is 28.7 Å². The lowest BCUT2D eigenvalue weighted by Crippen LogP contribution is -2.50. The van der Waals surface area contributed by atoms with Gasteiger partial charge < -0.3 is 23.5 Å². The van der Waals surface area contributed by atoms with Crippen molar-refractivity contribution in [3.63, 3.8) is 0 Å². The van der Waals surface area contributed by atoms with Crippen LogP contribution in [0.5, 0.6) is 17.2 Å². The number of piperazine rings is 1. The van der Waals surface area contributed by atoms with E-state index in [1.807, 2.05) is 45.0 Å². The maximum absolute atomic E-state index is 12.7. The number of nitrogens with zero attached hydrogens (tertiary/aromatic N) is 4. The fraction of sp³-hybridized carbons (Fsp3) is 0.387. The molecule has 0 saturated carbocycles. The lowest BCUT2D eigenvalue weighted by molar-refractivity contribution is -0.141. The Kier molecular flexibility index (Phi) is 8.77. The molecule has 0 unspecified atom stereocenters. The van der Waals surface area contributed by atoms with Crippen LogP contribution in [0.25, 0.3) is 22.6 Å². The van der Waals surface area contributed by atoms with Crippen LogP contribution in [0.15, 0.2) is 65.2 Å². The summed E-state index contributed by atoms with van der Waals surface area (Å²) in [6.07, 6.45) is -2.89. The molecule has 0 N–H and O–H groups in total. The molecule has 5 rings (SSSR count). The fourth-order valence-corrected chi connectivity index (χ4v) is 4.49. The van der Waals surface area contributed by atoms with E-state index in [2.05, 4.69) is 14.9 Å². The quantitative estimate of drug-likeness (QED) is 0.200. The summed E-state index contributed by atoms with van der Waals surface area (Å²) in [6.45, 7) is 9.96. The second-order valence-electron chi connectivity index (χ2n) is 11.2. The first-order valence-corrected chi connectivity index (χ1v) is 14.0. The highest BCUT2D eigenvalue weighted by molar-refractivity contribution is 5.77. The SMILES string of the molecule is CC(C)(C)OC(=O)N1CCN(CCCOc2ccc(-c3nc4ccc(Oc5ccc(C(F)(F)F)nc5)cc4o3)cc2)CC1. The van der Waals surface area contributed by atoms with Crippen molar-refractivity contribution >= 4 is 17.2 Å². The van der Waals surface area contributed by atoms with Crippen molar-refractivity contribution in [2.45, 2.75) is 39.0 Å². The number of amides is 1. The first kappa shape index (κ1) is 30.1. The summed E-state index contributed by atoms with van der Waals surface area (Å²) in [6, 6.07) is 14.5. The van der Waals surface area contributed by atoms with Crippen LogP contribution in [0.1, 0.15) is 32.9 Å². The first-order chi connectivity index (χ1) is 20.4. The highest BCUT2D eigenvalue weighted by Crippen LogP contribution is 2.32. The molecule has 4 aromatic rings. The number of alkyl halides is 3. The number of halogens is 3. The molecule has 12 heteroatoms. The Morgan fingerprint density at radius 1 is 0.930 bits per heavy atom. The van der Waals surface area contributed by atoms with E-state index in [0.717, 1.165) is 49.6 Å². The standard InChI is InChI=1S/C31H33F3N4O5/c1-30(2,3)43-29(39)38-16-14-37(15-17-38)13-4-18-40-22-7-5-21(6-8-22)28-36-25-11-9-23(19-26(25)42-28)41-24-10-12-27(35-20-24)31(32,33)34/h5-12,19-20H,4,13-18H2,1-3H3. The van der Waals surface area contributed by atoms with E-state index in [-0.39, 0.29) is 11.8 Å². The fourth-order valence-electron chi connectivity index (χ4n) is 4.49. The molecule has 0 atom stereocenters. The highest BCUT2D eigenvalue weighted by Gasteiger charge is 2.32.